The summed E-state index contributed by atoms with van der Waals surface area (Å²) in [6.45, 7) is 5.67. The summed E-state index contributed by atoms with van der Waals surface area (Å²) in [5, 5.41) is 3.03. The van der Waals surface area contributed by atoms with Crippen molar-refractivity contribution in [1.82, 2.24) is 4.31 Å². The molecule has 2 aliphatic rings. The Morgan fingerprint density at radius 2 is 2.00 bits per heavy atom. The van der Waals surface area contributed by atoms with E-state index in [1.165, 1.54) is 21.7 Å². The number of hydrogen-bond donors (Lipinski definition) is 2. The molecule has 27 heavy (non-hydrogen) atoms. The molecule has 1 amide bonds. The fraction of sp³-hybridized carbons (Fsp3) is 0.632. The third kappa shape index (κ3) is 5.22. The molecule has 0 aliphatic carbocycles. The van der Waals surface area contributed by atoms with Crippen LogP contribution >= 0.6 is 11.6 Å². The van der Waals surface area contributed by atoms with Gasteiger partial charge in [-0.3, -0.25) is 4.79 Å². The lowest BCUT2D eigenvalue weighted by atomic mass is 10.0. The third-order valence-corrected chi connectivity index (χ3v) is 7.80. The molecule has 0 aromatic heterocycles. The Balaban J connectivity index is 1.70. The minimum atomic E-state index is -3.64. The van der Waals surface area contributed by atoms with Crippen molar-refractivity contribution in [3.63, 3.8) is 0 Å². The minimum absolute atomic E-state index is 0.0720. The highest BCUT2D eigenvalue weighted by Crippen LogP contribution is 2.29. The molecule has 2 fully saturated rings. The molecule has 3 rings (SSSR count). The van der Waals surface area contributed by atoms with E-state index in [4.69, 9.17) is 11.6 Å². The van der Waals surface area contributed by atoms with Crippen LogP contribution in [0.1, 0.15) is 39.0 Å². The number of amides is 1. The second-order valence-electron chi connectivity index (χ2n) is 7.79. The number of rotatable bonds is 5. The van der Waals surface area contributed by atoms with Crippen LogP contribution < -0.4 is 10.2 Å². The summed E-state index contributed by atoms with van der Waals surface area (Å²) in [7, 11) is -3.64. The minimum Gasteiger partial charge on any atom is -0.327 e. The smallest absolute Gasteiger partial charge is 0.279 e. The molecule has 2 aliphatic heterocycles. The molecular formula is C19H29ClN3O3S+. The fourth-order valence-corrected chi connectivity index (χ4v) is 6.03. The molecule has 2 saturated heterocycles. The molecule has 1 unspecified atom stereocenters. The van der Waals surface area contributed by atoms with Gasteiger partial charge in [0.2, 0.25) is 10.0 Å². The van der Waals surface area contributed by atoms with Gasteiger partial charge in [0.05, 0.1) is 18.1 Å². The number of quaternary nitrogens is 1. The molecule has 2 atom stereocenters. The third-order valence-electron chi connectivity index (χ3n) is 5.42. The summed E-state index contributed by atoms with van der Waals surface area (Å²) >= 11 is 6.19. The van der Waals surface area contributed by atoms with Crippen LogP contribution in [0.4, 0.5) is 5.69 Å². The van der Waals surface area contributed by atoms with E-state index < -0.39 is 10.0 Å². The van der Waals surface area contributed by atoms with Gasteiger partial charge in [-0.05, 0) is 43.9 Å². The van der Waals surface area contributed by atoms with Crippen molar-refractivity contribution in [1.29, 1.82) is 0 Å². The van der Waals surface area contributed by atoms with E-state index in [1.807, 2.05) is 0 Å². The zero-order valence-corrected chi connectivity index (χ0v) is 17.4. The Bertz CT molecular complexity index is 778. The number of carbonyl (C=O) groups excluding carboxylic acids is 1. The molecule has 1 aromatic carbocycles. The predicted octanol–water partition coefficient (Wildman–Crippen LogP) is 1.77. The van der Waals surface area contributed by atoms with E-state index in [-0.39, 0.29) is 15.8 Å². The highest BCUT2D eigenvalue weighted by Gasteiger charge is 2.28. The van der Waals surface area contributed by atoms with Gasteiger partial charge in [0.25, 0.3) is 5.91 Å². The highest BCUT2D eigenvalue weighted by atomic mass is 35.5. The normalized spacial score (nSPS) is 24.5. The standard InChI is InChI=1S/C19H28ClN3O3S/c1-15-6-5-9-22(13-15)14-19(24)21-16-7-8-17(20)18(12-16)27(25,26)23-10-3-2-4-11-23/h7-8,12,15H,2-6,9-11,13-14H2,1H3,(H,21,24)/p+1/t15-/m0/s1. The molecule has 0 saturated carbocycles. The first-order chi connectivity index (χ1) is 12.9. The molecule has 6 nitrogen and oxygen atoms in total. The second-order valence-corrected chi connectivity index (χ2v) is 10.1. The second kappa shape index (κ2) is 8.90. The fourth-order valence-electron chi connectivity index (χ4n) is 4.01. The van der Waals surface area contributed by atoms with Crippen LogP contribution in [-0.4, -0.2) is 51.4 Å². The van der Waals surface area contributed by atoms with Crippen LogP contribution in [0, 0.1) is 5.92 Å². The van der Waals surface area contributed by atoms with Gasteiger partial charge in [-0.15, -0.1) is 0 Å². The molecule has 1 aromatic rings. The molecule has 0 bridgehead atoms. The summed E-state index contributed by atoms with van der Waals surface area (Å²) in [5.74, 6) is 0.543. The number of nitrogens with one attached hydrogen (secondary N) is 2. The Kier molecular flexibility index (Phi) is 6.78. The van der Waals surface area contributed by atoms with Gasteiger partial charge in [-0.2, -0.15) is 4.31 Å². The molecular weight excluding hydrogens is 386 g/mol. The van der Waals surface area contributed by atoms with Gasteiger partial charge in [0, 0.05) is 24.7 Å². The van der Waals surface area contributed by atoms with Gasteiger partial charge in [-0.1, -0.05) is 24.9 Å². The molecule has 0 spiro atoms. The van der Waals surface area contributed by atoms with Crippen LogP contribution in [0.15, 0.2) is 23.1 Å². The number of sulfonamides is 1. The topological polar surface area (TPSA) is 70.9 Å². The van der Waals surface area contributed by atoms with Crippen LogP contribution in [0.3, 0.4) is 0 Å². The van der Waals surface area contributed by atoms with Crippen LogP contribution in [0.2, 0.25) is 5.02 Å². The van der Waals surface area contributed by atoms with Crippen molar-refractivity contribution in [3.8, 4) is 0 Å². The van der Waals surface area contributed by atoms with E-state index in [2.05, 4.69) is 12.2 Å². The zero-order chi connectivity index (χ0) is 19.4. The van der Waals surface area contributed by atoms with Crippen molar-refractivity contribution in [2.45, 2.75) is 43.9 Å². The SMILES string of the molecule is C[C@H]1CCC[NH+](CC(=O)Nc2ccc(Cl)c(S(=O)(=O)N3CCCCC3)c2)C1. The number of nitrogens with zero attached hydrogens (tertiary/aromatic N) is 1. The van der Waals surface area contributed by atoms with Gasteiger partial charge in [-0.25, -0.2) is 8.42 Å². The van der Waals surface area contributed by atoms with Crippen molar-refractivity contribution in [2.24, 2.45) is 5.92 Å². The Hall–Kier alpha value is -1.15. The van der Waals surface area contributed by atoms with Crippen LogP contribution in [0.5, 0.6) is 0 Å². The first-order valence-electron chi connectivity index (χ1n) is 9.79. The summed E-state index contributed by atoms with van der Waals surface area (Å²) < 4.78 is 27.3. The number of likely N-dealkylation sites (tertiary alicyclic amines) is 1. The zero-order valence-electron chi connectivity index (χ0n) is 15.8. The van der Waals surface area contributed by atoms with E-state index in [9.17, 15) is 13.2 Å². The number of anilines is 1. The summed E-state index contributed by atoms with van der Waals surface area (Å²) in [5.41, 5.74) is 0.476. The van der Waals surface area contributed by atoms with Crippen molar-refractivity contribution in [2.75, 3.05) is 38.0 Å². The van der Waals surface area contributed by atoms with Gasteiger partial charge in [0.1, 0.15) is 4.90 Å². The van der Waals surface area contributed by atoms with Crippen LogP contribution in [0.25, 0.3) is 0 Å². The van der Waals surface area contributed by atoms with E-state index in [1.54, 1.807) is 12.1 Å². The average Bonchev–Trinajstić information content (AvgIpc) is 2.64. The maximum Gasteiger partial charge on any atom is 0.279 e. The largest absolute Gasteiger partial charge is 0.327 e. The summed E-state index contributed by atoms with van der Waals surface area (Å²) in [6, 6.07) is 4.69. The number of carbonyl (C=O) groups is 1. The maximum atomic E-state index is 12.9. The lowest BCUT2D eigenvalue weighted by molar-refractivity contribution is -0.900. The first kappa shape index (κ1) is 20.6. The number of halogens is 1. The van der Waals surface area contributed by atoms with Crippen molar-refractivity contribution in [3.05, 3.63) is 23.2 Å². The quantitative estimate of drug-likeness (QED) is 0.771. The average molecular weight is 415 g/mol. The molecule has 8 heteroatoms. The summed E-state index contributed by atoms with van der Waals surface area (Å²) in [4.78, 5) is 13.8. The monoisotopic (exact) mass is 414 g/mol. The number of piperidine rings is 2. The van der Waals surface area contributed by atoms with Gasteiger partial charge in [0.15, 0.2) is 6.54 Å². The Labute approximate surface area is 166 Å². The van der Waals surface area contributed by atoms with Crippen LogP contribution in [-0.2, 0) is 14.8 Å². The summed E-state index contributed by atoms with van der Waals surface area (Å²) in [6.07, 6.45) is 5.14. The Morgan fingerprint density at radius 1 is 1.26 bits per heavy atom. The van der Waals surface area contributed by atoms with Crippen molar-refractivity contribution < 1.29 is 18.1 Å². The first-order valence-corrected chi connectivity index (χ1v) is 11.6. The molecule has 2 N–H and O–H groups in total. The Morgan fingerprint density at radius 3 is 2.70 bits per heavy atom. The van der Waals surface area contributed by atoms with E-state index in [0.717, 1.165) is 38.8 Å². The maximum absolute atomic E-state index is 12.9. The van der Waals surface area contributed by atoms with Gasteiger partial charge >= 0.3 is 0 Å². The number of hydrogen-bond acceptors (Lipinski definition) is 3. The predicted molar refractivity (Wildman–Crippen MR) is 107 cm³/mol. The van der Waals surface area contributed by atoms with Gasteiger partial charge < -0.3 is 10.2 Å². The molecule has 0 radical (unpaired) electrons. The number of benzene rings is 1. The van der Waals surface area contributed by atoms with E-state index >= 15 is 0 Å². The van der Waals surface area contributed by atoms with Crippen molar-refractivity contribution >= 4 is 33.2 Å². The van der Waals surface area contributed by atoms with E-state index in [0.29, 0.717) is 31.2 Å². The molecule has 150 valence electrons. The lowest BCUT2D eigenvalue weighted by Gasteiger charge is -2.27. The highest BCUT2D eigenvalue weighted by molar-refractivity contribution is 7.89. The molecule has 2 heterocycles. The lowest BCUT2D eigenvalue weighted by Crippen LogP contribution is -3.14.